The molecule has 1 saturated heterocycles. The van der Waals surface area contributed by atoms with Crippen LogP contribution < -0.4 is 5.32 Å². The van der Waals surface area contributed by atoms with E-state index in [2.05, 4.69) is 31.1 Å². The minimum Gasteiger partial charge on any atom is -0.384 e. The standard InChI is InChI=1S/C17H28N2O/c1-13-11-19(4)14(2)10-16(13)18-12-17(3,20)15-8-6-5-7-9-15/h5-9,13-14,16,18,20H,10-12H2,1-4H3. The topological polar surface area (TPSA) is 35.5 Å². The van der Waals surface area contributed by atoms with Gasteiger partial charge in [-0.25, -0.2) is 0 Å². The lowest BCUT2D eigenvalue weighted by Gasteiger charge is -2.41. The summed E-state index contributed by atoms with van der Waals surface area (Å²) in [4.78, 5) is 2.41. The predicted molar refractivity (Wildman–Crippen MR) is 83.7 cm³/mol. The molecule has 1 aliphatic rings. The zero-order chi connectivity index (χ0) is 14.8. The molecule has 0 amide bonds. The molecule has 0 radical (unpaired) electrons. The fraction of sp³-hybridized carbons (Fsp3) is 0.647. The smallest absolute Gasteiger partial charge is 0.0992 e. The van der Waals surface area contributed by atoms with Crippen molar-refractivity contribution in [1.82, 2.24) is 10.2 Å². The van der Waals surface area contributed by atoms with Crippen LogP contribution >= 0.6 is 0 Å². The first kappa shape index (κ1) is 15.5. The first-order valence-electron chi connectivity index (χ1n) is 7.61. The summed E-state index contributed by atoms with van der Waals surface area (Å²) >= 11 is 0. The van der Waals surface area contributed by atoms with Crippen molar-refractivity contribution in [1.29, 1.82) is 0 Å². The number of benzene rings is 1. The lowest BCUT2D eigenvalue weighted by Crippen LogP contribution is -2.53. The molecule has 1 aromatic carbocycles. The van der Waals surface area contributed by atoms with E-state index in [1.165, 1.54) is 0 Å². The lowest BCUT2D eigenvalue weighted by molar-refractivity contribution is 0.0418. The molecule has 0 saturated carbocycles. The van der Waals surface area contributed by atoms with E-state index in [1.54, 1.807) is 0 Å². The molecule has 0 bridgehead atoms. The van der Waals surface area contributed by atoms with Crippen LogP contribution in [0.1, 0.15) is 32.8 Å². The van der Waals surface area contributed by atoms with Gasteiger partial charge in [0.15, 0.2) is 0 Å². The van der Waals surface area contributed by atoms with E-state index in [9.17, 15) is 5.11 Å². The molecule has 3 nitrogen and oxygen atoms in total. The summed E-state index contributed by atoms with van der Waals surface area (Å²) in [6, 6.07) is 11.0. The van der Waals surface area contributed by atoms with E-state index in [0.717, 1.165) is 18.5 Å². The molecule has 4 atom stereocenters. The molecule has 2 rings (SSSR count). The van der Waals surface area contributed by atoms with Crippen LogP contribution in [0.3, 0.4) is 0 Å². The summed E-state index contributed by atoms with van der Waals surface area (Å²) in [7, 11) is 2.19. The molecule has 0 aromatic heterocycles. The van der Waals surface area contributed by atoms with Crippen LogP contribution in [0, 0.1) is 5.92 Å². The second-order valence-electron chi connectivity index (χ2n) is 6.63. The highest BCUT2D eigenvalue weighted by atomic mass is 16.3. The second-order valence-corrected chi connectivity index (χ2v) is 6.63. The molecule has 1 fully saturated rings. The van der Waals surface area contributed by atoms with Crippen molar-refractivity contribution in [3.63, 3.8) is 0 Å². The van der Waals surface area contributed by atoms with E-state index in [1.807, 2.05) is 37.3 Å². The Labute approximate surface area is 123 Å². The van der Waals surface area contributed by atoms with Gasteiger partial charge in [0.25, 0.3) is 0 Å². The minimum absolute atomic E-state index is 0.483. The highest BCUT2D eigenvalue weighted by Crippen LogP contribution is 2.23. The third kappa shape index (κ3) is 3.60. The average Bonchev–Trinajstić information content (AvgIpc) is 2.42. The fourth-order valence-corrected chi connectivity index (χ4v) is 3.05. The van der Waals surface area contributed by atoms with Crippen molar-refractivity contribution in [2.75, 3.05) is 20.1 Å². The Kier molecular flexibility index (Phi) is 4.84. The Hall–Kier alpha value is -0.900. The molecule has 1 aliphatic heterocycles. The highest BCUT2D eigenvalue weighted by molar-refractivity contribution is 5.21. The van der Waals surface area contributed by atoms with Crippen molar-refractivity contribution in [3.8, 4) is 0 Å². The van der Waals surface area contributed by atoms with Gasteiger partial charge in [-0.1, -0.05) is 37.3 Å². The van der Waals surface area contributed by atoms with Crippen molar-refractivity contribution in [2.24, 2.45) is 5.92 Å². The largest absolute Gasteiger partial charge is 0.384 e. The lowest BCUT2D eigenvalue weighted by atomic mass is 9.88. The number of rotatable bonds is 4. The minimum atomic E-state index is -0.812. The SMILES string of the molecule is CC1CN(C)C(C)CC1NCC(C)(O)c1ccccc1. The average molecular weight is 276 g/mol. The van der Waals surface area contributed by atoms with E-state index in [4.69, 9.17) is 0 Å². The number of likely N-dealkylation sites (tertiary alicyclic amines) is 1. The number of piperidine rings is 1. The number of nitrogens with zero attached hydrogens (tertiary/aromatic N) is 1. The quantitative estimate of drug-likeness (QED) is 0.885. The molecule has 2 N–H and O–H groups in total. The summed E-state index contributed by atoms with van der Waals surface area (Å²) in [5.41, 5.74) is 0.161. The summed E-state index contributed by atoms with van der Waals surface area (Å²) in [6.45, 7) is 8.17. The maximum absolute atomic E-state index is 10.6. The van der Waals surface area contributed by atoms with Crippen molar-refractivity contribution >= 4 is 0 Å². The first-order valence-corrected chi connectivity index (χ1v) is 7.61. The van der Waals surface area contributed by atoms with E-state index >= 15 is 0 Å². The van der Waals surface area contributed by atoms with Gasteiger partial charge in [0, 0.05) is 25.2 Å². The van der Waals surface area contributed by atoms with Gasteiger partial charge in [-0.3, -0.25) is 0 Å². The summed E-state index contributed by atoms with van der Waals surface area (Å²) in [5.74, 6) is 0.614. The van der Waals surface area contributed by atoms with Gasteiger partial charge in [-0.05, 0) is 38.8 Å². The van der Waals surface area contributed by atoms with Crippen molar-refractivity contribution in [2.45, 2.75) is 44.9 Å². The van der Waals surface area contributed by atoms with E-state index in [-0.39, 0.29) is 0 Å². The van der Waals surface area contributed by atoms with E-state index in [0.29, 0.717) is 24.5 Å². The Bertz CT molecular complexity index is 418. The zero-order valence-corrected chi connectivity index (χ0v) is 13.1. The Balaban J connectivity index is 1.94. The predicted octanol–water partition coefficient (Wildman–Crippen LogP) is 2.21. The second kappa shape index (κ2) is 6.25. The van der Waals surface area contributed by atoms with Crippen molar-refractivity contribution in [3.05, 3.63) is 35.9 Å². The number of hydrogen-bond donors (Lipinski definition) is 2. The third-order valence-corrected chi connectivity index (χ3v) is 4.71. The fourth-order valence-electron chi connectivity index (χ4n) is 3.05. The zero-order valence-electron chi connectivity index (χ0n) is 13.1. The van der Waals surface area contributed by atoms with Gasteiger partial charge < -0.3 is 15.3 Å². The third-order valence-electron chi connectivity index (χ3n) is 4.71. The molecule has 20 heavy (non-hydrogen) atoms. The maximum atomic E-state index is 10.6. The molecular formula is C17H28N2O. The maximum Gasteiger partial charge on any atom is 0.0992 e. The van der Waals surface area contributed by atoms with Crippen LogP contribution in [-0.2, 0) is 5.60 Å². The number of hydrogen-bond acceptors (Lipinski definition) is 3. The molecule has 1 aromatic rings. The molecular weight excluding hydrogens is 248 g/mol. The monoisotopic (exact) mass is 276 g/mol. The van der Waals surface area contributed by atoms with Crippen LogP contribution in [0.2, 0.25) is 0 Å². The van der Waals surface area contributed by atoms with Crippen LogP contribution in [0.4, 0.5) is 0 Å². The number of aliphatic hydroxyl groups is 1. The molecule has 4 unspecified atom stereocenters. The van der Waals surface area contributed by atoms with Gasteiger partial charge >= 0.3 is 0 Å². The number of nitrogens with one attached hydrogen (secondary N) is 1. The van der Waals surface area contributed by atoms with Gasteiger partial charge in [-0.15, -0.1) is 0 Å². The summed E-state index contributed by atoms with van der Waals surface area (Å²) < 4.78 is 0. The Morgan fingerprint density at radius 3 is 2.60 bits per heavy atom. The first-order chi connectivity index (χ1) is 9.40. The molecule has 0 spiro atoms. The molecule has 112 valence electrons. The van der Waals surface area contributed by atoms with Crippen LogP contribution in [0.15, 0.2) is 30.3 Å². The van der Waals surface area contributed by atoms with Crippen LogP contribution in [0.25, 0.3) is 0 Å². The van der Waals surface area contributed by atoms with Gasteiger partial charge in [0.1, 0.15) is 0 Å². The molecule has 3 heteroatoms. The molecule has 0 aliphatic carbocycles. The normalized spacial score (nSPS) is 30.9. The summed E-state index contributed by atoms with van der Waals surface area (Å²) in [5, 5.41) is 14.2. The highest BCUT2D eigenvalue weighted by Gasteiger charge is 2.31. The van der Waals surface area contributed by atoms with Gasteiger partial charge in [0.05, 0.1) is 5.60 Å². The van der Waals surface area contributed by atoms with Crippen LogP contribution in [0.5, 0.6) is 0 Å². The van der Waals surface area contributed by atoms with Crippen molar-refractivity contribution < 1.29 is 5.11 Å². The van der Waals surface area contributed by atoms with Gasteiger partial charge in [0.2, 0.25) is 0 Å². The van der Waals surface area contributed by atoms with E-state index < -0.39 is 5.60 Å². The summed E-state index contributed by atoms with van der Waals surface area (Å²) in [6.07, 6.45) is 1.14. The van der Waals surface area contributed by atoms with Gasteiger partial charge in [-0.2, -0.15) is 0 Å². The Morgan fingerprint density at radius 1 is 1.30 bits per heavy atom. The Morgan fingerprint density at radius 2 is 1.95 bits per heavy atom. The molecule has 1 heterocycles. The van der Waals surface area contributed by atoms with Crippen LogP contribution in [-0.4, -0.2) is 42.2 Å².